The van der Waals surface area contributed by atoms with Crippen molar-refractivity contribution < 1.29 is 14.3 Å². The summed E-state index contributed by atoms with van der Waals surface area (Å²) in [7, 11) is 0. The third-order valence-electron chi connectivity index (χ3n) is 4.62. The molecule has 2 amide bonds. The van der Waals surface area contributed by atoms with Crippen LogP contribution in [0.3, 0.4) is 0 Å². The van der Waals surface area contributed by atoms with Gasteiger partial charge in [-0.1, -0.05) is 0 Å². The van der Waals surface area contributed by atoms with Crippen molar-refractivity contribution in [2.45, 2.75) is 44.8 Å². The van der Waals surface area contributed by atoms with Gasteiger partial charge in [0, 0.05) is 19.7 Å². The van der Waals surface area contributed by atoms with E-state index in [0.29, 0.717) is 25.2 Å². The first-order valence-corrected chi connectivity index (χ1v) is 7.47. The summed E-state index contributed by atoms with van der Waals surface area (Å²) >= 11 is 0. The van der Waals surface area contributed by atoms with Crippen molar-refractivity contribution in [3.63, 3.8) is 0 Å². The molecule has 2 atom stereocenters. The fraction of sp³-hybridized carbons (Fsp3) is 0.929. The second kappa shape index (κ2) is 5.29. The largest absolute Gasteiger partial charge is 0.376 e. The number of nitrogens with one attached hydrogen (secondary N) is 1. The van der Waals surface area contributed by atoms with E-state index in [1.54, 1.807) is 0 Å². The van der Waals surface area contributed by atoms with Crippen molar-refractivity contribution in [1.29, 1.82) is 0 Å². The van der Waals surface area contributed by atoms with Gasteiger partial charge in [0.25, 0.3) is 0 Å². The summed E-state index contributed by atoms with van der Waals surface area (Å²) in [5.41, 5.74) is 0.473. The predicted molar refractivity (Wildman–Crippen MR) is 71.0 cm³/mol. The molecule has 0 radical (unpaired) electrons. The van der Waals surface area contributed by atoms with Crippen molar-refractivity contribution in [3.8, 4) is 0 Å². The number of hydrogen-bond donors (Lipinski definition) is 1. The highest BCUT2D eigenvalue weighted by molar-refractivity contribution is 5.75. The summed E-state index contributed by atoms with van der Waals surface area (Å²) < 4.78 is 11.0. The van der Waals surface area contributed by atoms with Gasteiger partial charge in [0.15, 0.2) is 0 Å². The Morgan fingerprint density at radius 2 is 2.26 bits per heavy atom. The molecule has 0 aromatic heterocycles. The molecule has 5 nitrogen and oxygen atoms in total. The number of carbonyl (C=O) groups excluding carboxylic acids is 1. The van der Waals surface area contributed by atoms with Crippen LogP contribution >= 0.6 is 0 Å². The quantitative estimate of drug-likeness (QED) is 0.841. The molecular formula is C14H24N2O3. The van der Waals surface area contributed by atoms with E-state index in [4.69, 9.17) is 9.47 Å². The van der Waals surface area contributed by atoms with E-state index in [-0.39, 0.29) is 18.2 Å². The van der Waals surface area contributed by atoms with E-state index < -0.39 is 0 Å². The second-order valence-corrected chi connectivity index (χ2v) is 6.11. The van der Waals surface area contributed by atoms with Crippen LogP contribution in [0.25, 0.3) is 0 Å². The predicted octanol–water partition coefficient (Wildman–Crippen LogP) is 1.38. The summed E-state index contributed by atoms with van der Waals surface area (Å²) in [6, 6.07) is 0.0655. The lowest BCUT2D eigenvalue weighted by Gasteiger charge is -2.34. The first-order chi connectivity index (χ1) is 9.22. The van der Waals surface area contributed by atoms with Crippen LogP contribution in [0.5, 0.6) is 0 Å². The molecule has 108 valence electrons. The van der Waals surface area contributed by atoms with Crippen molar-refractivity contribution >= 4 is 6.03 Å². The Balaban J connectivity index is 1.52. The van der Waals surface area contributed by atoms with Gasteiger partial charge in [0.2, 0.25) is 0 Å². The number of carbonyl (C=O) groups is 1. The summed E-state index contributed by atoms with van der Waals surface area (Å²) in [6.07, 6.45) is 5.04. The third-order valence-corrected chi connectivity index (χ3v) is 4.62. The molecule has 2 saturated heterocycles. The zero-order valence-corrected chi connectivity index (χ0v) is 11.7. The normalized spacial score (nSPS) is 32.6. The summed E-state index contributed by atoms with van der Waals surface area (Å²) in [5.74, 6) is 0. The van der Waals surface area contributed by atoms with Crippen LogP contribution in [0.2, 0.25) is 0 Å². The molecule has 1 spiro atoms. The fourth-order valence-corrected chi connectivity index (χ4v) is 3.26. The van der Waals surface area contributed by atoms with Crippen LogP contribution < -0.4 is 5.32 Å². The van der Waals surface area contributed by atoms with Crippen molar-refractivity contribution in [2.75, 3.05) is 32.9 Å². The lowest BCUT2D eigenvalue weighted by molar-refractivity contribution is 0.0413. The Labute approximate surface area is 114 Å². The molecule has 3 rings (SSSR count). The number of hydrogen-bond acceptors (Lipinski definition) is 3. The van der Waals surface area contributed by atoms with Crippen LogP contribution in [0.1, 0.15) is 32.6 Å². The zero-order chi connectivity index (χ0) is 13.3. The van der Waals surface area contributed by atoms with E-state index in [2.05, 4.69) is 5.32 Å². The van der Waals surface area contributed by atoms with Gasteiger partial charge in [-0.05, 0) is 38.0 Å². The van der Waals surface area contributed by atoms with Crippen LogP contribution in [0.15, 0.2) is 0 Å². The number of nitrogens with zero attached hydrogens (tertiary/aromatic N) is 1. The average Bonchev–Trinajstić information content (AvgIpc) is 3.00. The van der Waals surface area contributed by atoms with Crippen molar-refractivity contribution in [1.82, 2.24) is 10.2 Å². The molecule has 0 unspecified atom stereocenters. The first-order valence-electron chi connectivity index (χ1n) is 7.47. The summed E-state index contributed by atoms with van der Waals surface area (Å²) in [4.78, 5) is 14.3. The average molecular weight is 268 g/mol. The van der Waals surface area contributed by atoms with Gasteiger partial charge in [-0.15, -0.1) is 0 Å². The first kappa shape index (κ1) is 13.2. The summed E-state index contributed by atoms with van der Waals surface area (Å²) in [5, 5.41) is 3.09. The third kappa shape index (κ3) is 2.87. The smallest absolute Gasteiger partial charge is 0.317 e. The molecule has 19 heavy (non-hydrogen) atoms. The van der Waals surface area contributed by atoms with Crippen molar-refractivity contribution in [3.05, 3.63) is 0 Å². The highest BCUT2D eigenvalue weighted by atomic mass is 16.5. The number of ether oxygens (including phenoxy) is 2. The Hall–Kier alpha value is -0.810. The topological polar surface area (TPSA) is 50.8 Å². The van der Waals surface area contributed by atoms with Gasteiger partial charge >= 0.3 is 6.03 Å². The van der Waals surface area contributed by atoms with Crippen molar-refractivity contribution in [2.24, 2.45) is 5.41 Å². The fourth-order valence-electron chi connectivity index (χ4n) is 3.26. The van der Waals surface area contributed by atoms with Crippen LogP contribution in [-0.2, 0) is 9.47 Å². The highest BCUT2D eigenvalue weighted by Crippen LogP contribution is 2.51. The van der Waals surface area contributed by atoms with E-state index in [0.717, 1.165) is 19.5 Å². The zero-order valence-electron chi connectivity index (χ0n) is 11.7. The summed E-state index contributed by atoms with van der Waals surface area (Å²) in [6.45, 7) is 5.61. The maximum atomic E-state index is 12.3. The monoisotopic (exact) mass is 268 g/mol. The van der Waals surface area contributed by atoms with E-state index in [9.17, 15) is 4.79 Å². The number of piperidine rings is 1. The number of urea groups is 1. The molecular weight excluding hydrogens is 244 g/mol. The van der Waals surface area contributed by atoms with Crippen LogP contribution in [-0.4, -0.2) is 56.0 Å². The Kier molecular flexibility index (Phi) is 3.67. The minimum Gasteiger partial charge on any atom is -0.376 e. The Morgan fingerprint density at radius 3 is 3.00 bits per heavy atom. The molecule has 0 aromatic rings. The maximum Gasteiger partial charge on any atom is 0.317 e. The molecule has 1 N–H and O–H groups in total. The number of amides is 2. The SMILES string of the molecule is CCO[C@@H]1COC[C@H]1NC(=O)N1CCCC2(CC2)C1. The molecule has 3 aliphatic rings. The minimum absolute atomic E-state index is 0.00419. The van der Waals surface area contributed by atoms with Crippen LogP contribution in [0, 0.1) is 5.41 Å². The molecule has 2 heterocycles. The number of rotatable bonds is 3. The van der Waals surface area contributed by atoms with Gasteiger partial charge < -0.3 is 19.7 Å². The van der Waals surface area contributed by atoms with E-state index >= 15 is 0 Å². The van der Waals surface area contributed by atoms with Gasteiger partial charge in [0.1, 0.15) is 6.10 Å². The van der Waals surface area contributed by atoms with E-state index in [1.165, 1.54) is 19.3 Å². The lowest BCUT2D eigenvalue weighted by atomic mass is 9.95. The highest BCUT2D eigenvalue weighted by Gasteiger charge is 2.46. The molecule has 2 aliphatic heterocycles. The molecule has 3 fully saturated rings. The maximum absolute atomic E-state index is 12.3. The molecule has 1 aliphatic carbocycles. The molecule has 0 aromatic carbocycles. The molecule has 5 heteroatoms. The Morgan fingerprint density at radius 1 is 1.42 bits per heavy atom. The van der Waals surface area contributed by atoms with Gasteiger partial charge in [-0.2, -0.15) is 0 Å². The Bertz CT molecular complexity index is 344. The van der Waals surface area contributed by atoms with Crippen LogP contribution in [0.4, 0.5) is 4.79 Å². The van der Waals surface area contributed by atoms with Gasteiger partial charge in [-0.25, -0.2) is 4.79 Å². The minimum atomic E-state index is 0.00419. The molecule has 0 bridgehead atoms. The van der Waals surface area contributed by atoms with E-state index in [1.807, 2.05) is 11.8 Å². The van der Waals surface area contributed by atoms with Gasteiger partial charge in [0.05, 0.1) is 19.3 Å². The lowest BCUT2D eigenvalue weighted by Crippen LogP contribution is -2.52. The standard InChI is InChI=1S/C14H24N2O3/c1-2-19-12-9-18-8-11(12)15-13(17)16-7-3-4-14(10-16)5-6-14/h11-12H,2-10H2,1H3,(H,15,17)/t11-,12-/m1/s1. The van der Waals surface area contributed by atoms with Gasteiger partial charge in [-0.3, -0.25) is 0 Å². The molecule has 1 saturated carbocycles. The second-order valence-electron chi connectivity index (χ2n) is 6.11. The number of likely N-dealkylation sites (tertiary alicyclic amines) is 1.